The molecule has 806 valence electrons. The Morgan fingerprint density at radius 1 is 0.349 bits per heavy atom. The fourth-order valence-corrected chi connectivity index (χ4v) is 18.8. The molecule has 1 aliphatic heterocycles. The Balaban J connectivity index is 0.000000230. The Morgan fingerprint density at radius 2 is 0.725 bits per heavy atom. The van der Waals surface area contributed by atoms with Crippen LogP contribution in [0.3, 0.4) is 0 Å². The lowest BCUT2D eigenvalue weighted by molar-refractivity contribution is 0.0640. The molecule has 3 aliphatic carbocycles. The molecule has 2 heterocycles. The molecule has 4 fully saturated rings. The maximum absolute atomic E-state index is 13.1. The molecule has 1 saturated heterocycles. The molecule has 149 heavy (non-hydrogen) atoms. The average molecular weight is 2040 g/mol. The smallest absolute Gasteiger partial charge is 0.253 e. The first-order valence-corrected chi connectivity index (χ1v) is 55.4. The van der Waals surface area contributed by atoms with E-state index in [0.717, 1.165) is 134 Å². The lowest BCUT2D eigenvalue weighted by atomic mass is 9.74. The first-order valence-electron chi connectivity index (χ1n) is 55.4. The number of nitrogens with one attached hydrogen (secondary N) is 8. The monoisotopic (exact) mass is 2030 g/mol. The van der Waals surface area contributed by atoms with Crippen molar-refractivity contribution in [2.24, 2.45) is 65.1 Å². The van der Waals surface area contributed by atoms with E-state index in [-0.39, 0.29) is 70.0 Å². The van der Waals surface area contributed by atoms with Gasteiger partial charge in [0.15, 0.2) is 0 Å². The number of benzene rings is 9. The van der Waals surface area contributed by atoms with Crippen molar-refractivity contribution in [3.8, 4) is 0 Å². The molecule has 10 aromatic rings. The minimum atomic E-state index is -0.366. The molecule has 0 bridgehead atoms. The van der Waals surface area contributed by atoms with Crippen molar-refractivity contribution in [1.29, 1.82) is 0 Å². The maximum Gasteiger partial charge on any atom is 0.253 e. The van der Waals surface area contributed by atoms with Crippen LogP contribution in [0.15, 0.2) is 266 Å². The van der Waals surface area contributed by atoms with Gasteiger partial charge in [-0.25, -0.2) is 8.78 Å². The van der Waals surface area contributed by atoms with Gasteiger partial charge in [0.05, 0.1) is 5.56 Å². The summed E-state index contributed by atoms with van der Waals surface area (Å²) in [4.78, 5) is 111. The zero-order chi connectivity index (χ0) is 108. The maximum atomic E-state index is 13.1. The lowest BCUT2D eigenvalue weighted by Crippen LogP contribution is -2.53. The molecule has 1 aromatic heterocycles. The molecule has 1 unspecified atom stereocenters. The topological polar surface area (TPSA) is 257 Å². The molecule has 4 aliphatic rings. The van der Waals surface area contributed by atoms with Gasteiger partial charge < -0.3 is 47.1 Å². The first kappa shape index (κ1) is 123. The standard InChI is InChI=1S/C17H18FNO.C17H24FNO.C17H25NO.C17H19NO.C16H23NO.C16H25NO.C15H21NO.C14H22N2O2/c1-12(2)14-5-3-13(4-6-14)11-19-17(20)15-7-9-16(18)10-8-15;1-12(2)14-8-6-13(7-9-14)11-19-17(20)15-4-3-5-16(18)10-15;2*1-13(2)15-10-8-14(9-11-15)12-18-17(19)16-6-4-3-5-7-16;1-13(2)16(11-7-4-8-12-16)17-15(18)14-9-5-3-6-10-14;1-13(2)7-5-4-6-12-17-16(18)15-10-8-14(3)9-11-15;1-12(2)14-9-6-10-16(11-14)15(17)13-7-4-3-5-8-13;1-11(2)6-4-3-5-9-15-14(18)12-7-8-13(17)16-10-12/h3-10,12H,11H2,1-2H3,(H,19,20);3-5,10,12-14H,6-9,11H2,1-2H3,(H,19,20);3-7,13-15H,8-12H2,1-2H3,(H,18,19);3-11,13H,12H2,1-2H3,(H,18,19);3,5-6,9-10,13H,4,7-8,11-12H2,1-2H3,(H,17,18);8-11,13H,4-7,12H2,1-3H3,(H,17,18);3-5,7-8,12,14H,6,9-11H2,1-2H3;7-8,10-11H,3-6,9H2,1-2H3,(H,15,18)(H,16,17). The molecule has 0 spiro atoms. The van der Waals surface area contributed by atoms with E-state index < -0.39 is 0 Å². The molecule has 20 heteroatoms. The summed E-state index contributed by atoms with van der Waals surface area (Å²) in [6.45, 7) is 43.6. The highest BCUT2D eigenvalue weighted by Gasteiger charge is 2.37. The second-order valence-electron chi connectivity index (χ2n) is 43.6. The van der Waals surface area contributed by atoms with Crippen LogP contribution in [0.5, 0.6) is 0 Å². The van der Waals surface area contributed by atoms with Crippen LogP contribution < -0.4 is 42.8 Å². The Morgan fingerprint density at radius 3 is 1.12 bits per heavy atom. The van der Waals surface area contributed by atoms with Crippen molar-refractivity contribution >= 4 is 47.3 Å². The third-order valence-electron chi connectivity index (χ3n) is 29.0. The van der Waals surface area contributed by atoms with Crippen molar-refractivity contribution in [1.82, 2.24) is 47.1 Å². The van der Waals surface area contributed by atoms with E-state index >= 15 is 0 Å². The molecular weight excluding hydrogens is 1860 g/mol. The Bertz CT molecular complexity index is 5520. The number of unbranched alkanes of at least 4 members (excludes halogenated alkanes) is 4. The Labute approximate surface area is 891 Å². The van der Waals surface area contributed by atoms with Gasteiger partial charge in [-0.15, -0.1) is 0 Å². The molecule has 9 aromatic carbocycles. The van der Waals surface area contributed by atoms with Gasteiger partial charge in [-0.05, 0) is 305 Å². The normalized spacial score (nSPS) is 16.0. The molecule has 8 amide bonds. The van der Waals surface area contributed by atoms with Gasteiger partial charge in [0.25, 0.3) is 47.3 Å². The fraction of sp³-hybridized carbons (Fsp3) is 0.481. The number of aromatic amines is 1. The van der Waals surface area contributed by atoms with Crippen LogP contribution in [0, 0.1) is 83.7 Å². The summed E-state index contributed by atoms with van der Waals surface area (Å²) in [7, 11) is 0. The van der Waals surface area contributed by atoms with E-state index in [1.807, 2.05) is 170 Å². The number of likely N-dealkylation sites (tertiary alicyclic amines) is 1. The van der Waals surface area contributed by atoms with Crippen LogP contribution in [-0.2, 0) is 13.1 Å². The van der Waals surface area contributed by atoms with Crippen molar-refractivity contribution < 1.29 is 47.1 Å². The number of nitrogens with zero attached hydrogens (tertiary/aromatic N) is 1. The third-order valence-corrected chi connectivity index (χ3v) is 29.0. The number of piperidine rings is 1. The van der Waals surface area contributed by atoms with Crippen LogP contribution in [-0.4, -0.2) is 102 Å². The summed E-state index contributed by atoms with van der Waals surface area (Å²) < 4.78 is 25.8. The van der Waals surface area contributed by atoms with Crippen LogP contribution in [0.25, 0.3) is 0 Å². The van der Waals surface area contributed by atoms with Crippen molar-refractivity contribution in [2.75, 3.05) is 39.3 Å². The number of hydrogen-bond donors (Lipinski definition) is 8. The fourth-order valence-electron chi connectivity index (χ4n) is 18.8. The van der Waals surface area contributed by atoms with Crippen LogP contribution >= 0.6 is 0 Å². The zero-order valence-corrected chi connectivity index (χ0v) is 92.6. The van der Waals surface area contributed by atoms with Gasteiger partial charge in [0.1, 0.15) is 11.6 Å². The summed E-state index contributed by atoms with van der Waals surface area (Å²) in [5.41, 5.74) is 10.9. The van der Waals surface area contributed by atoms with Gasteiger partial charge in [0.2, 0.25) is 5.56 Å². The number of halogens is 2. The SMILES string of the molecule is CC(C)C1(NC(=O)c2ccccc2)CCCCC1.CC(C)C1CCC(CNC(=O)c2cccc(F)c2)CC1.CC(C)C1CCC(CNC(=O)c2ccccc2)CC1.CC(C)C1CCCN(C(=O)c2ccccc2)C1.CC(C)CCCCCNC(=O)c1ccc(=O)[nH]c1.CC(C)c1ccc(CNC(=O)c2ccc(F)cc2)cc1.CC(C)c1ccc(CNC(=O)c2ccccc2)cc1.Cc1ccc(C(=O)NCCCCCC(C)C)cc1. The number of aromatic nitrogens is 1. The second kappa shape index (κ2) is 68.3. The van der Waals surface area contributed by atoms with Crippen molar-refractivity contribution in [2.45, 2.75) is 296 Å². The van der Waals surface area contributed by atoms with Gasteiger partial charge in [-0.2, -0.15) is 0 Å². The van der Waals surface area contributed by atoms with E-state index in [2.05, 4.69) is 189 Å². The van der Waals surface area contributed by atoms with Crippen molar-refractivity contribution in [3.05, 3.63) is 355 Å². The summed E-state index contributed by atoms with van der Waals surface area (Å²) in [6.07, 6.45) is 29.3. The number of carbonyl (C=O) groups is 8. The molecule has 8 N–H and O–H groups in total. The molecule has 14 rings (SSSR count). The van der Waals surface area contributed by atoms with E-state index in [0.29, 0.717) is 89.9 Å². The summed E-state index contributed by atoms with van der Waals surface area (Å²) in [6, 6.07) is 76.4. The number of aryl methyl sites for hydroxylation is 1. The Kier molecular flexibility index (Phi) is 56.6. The van der Waals surface area contributed by atoms with E-state index in [4.69, 9.17) is 0 Å². The summed E-state index contributed by atoms with van der Waals surface area (Å²) in [5, 5.41) is 20.9. The third kappa shape index (κ3) is 47.9. The summed E-state index contributed by atoms with van der Waals surface area (Å²) >= 11 is 0. The largest absolute Gasteiger partial charge is 0.352 e. The van der Waals surface area contributed by atoms with Gasteiger partial charge in [-0.1, -0.05) is 314 Å². The highest BCUT2D eigenvalue weighted by atomic mass is 19.1. The molecule has 1 atom stereocenters. The zero-order valence-electron chi connectivity index (χ0n) is 92.6. The lowest BCUT2D eigenvalue weighted by Gasteiger charge is -2.41. The van der Waals surface area contributed by atoms with Gasteiger partial charge >= 0.3 is 0 Å². The molecule has 18 nitrogen and oxygen atoms in total. The van der Waals surface area contributed by atoms with E-state index in [1.165, 1.54) is 181 Å². The minimum absolute atomic E-state index is 0.00513. The quantitative estimate of drug-likeness (QED) is 0.0176. The van der Waals surface area contributed by atoms with E-state index in [1.54, 1.807) is 12.1 Å². The highest BCUT2D eigenvalue weighted by molar-refractivity contribution is 5.98. The van der Waals surface area contributed by atoms with Crippen molar-refractivity contribution in [3.63, 3.8) is 0 Å². The van der Waals surface area contributed by atoms with Crippen LogP contribution in [0.1, 0.15) is 381 Å². The first-order chi connectivity index (χ1) is 71.5. The van der Waals surface area contributed by atoms with Gasteiger partial charge in [0, 0.05) is 109 Å². The number of H-pyrrole nitrogens is 1. The Hall–Kier alpha value is -12.5. The predicted octanol–water partition coefficient (Wildman–Crippen LogP) is 28.7. The summed E-state index contributed by atoms with van der Waals surface area (Å²) in [5.74, 6) is 8.06. The van der Waals surface area contributed by atoms with Crippen LogP contribution in [0.4, 0.5) is 8.78 Å². The van der Waals surface area contributed by atoms with E-state index in [9.17, 15) is 51.9 Å². The number of amides is 8. The number of pyridine rings is 1. The highest BCUT2D eigenvalue weighted by Crippen LogP contribution is 2.37. The number of hydrogen-bond acceptors (Lipinski definition) is 9. The molecule has 3 saturated carbocycles. The number of carbonyl (C=O) groups excluding carboxylic acids is 8. The number of rotatable bonds is 35. The second-order valence-corrected chi connectivity index (χ2v) is 43.6. The predicted molar refractivity (Wildman–Crippen MR) is 608 cm³/mol. The van der Waals surface area contributed by atoms with Crippen LogP contribution in [0.2, 0.25) is 0 Å². The molecule has 0 radical (unpaired) electrons. The average Bonchev–Trinajstić information content (AvgIpc) is 0.808. The van der Waals surface area contributed by atoms with Gasteiger partial charge in [-0.3, -0.25) is 43.2 Å². The molecular formula is C129H177F2N9O9. The minimum Gasteiger partial charge on any atom is -0.352 e.